The van der Waals surface area contributed by atoms with Gasteiger partial charge in [0.05, 0.1) is 6.61 Å². The van der Waals surface area contributed by atoms with Crippen LogP contribution in [0.2, 0.25) is 0 Å². The number of carbonyl (C=O) groups is 1. The molecule has 2 heteroatoms. The highest BCUT2D eigenvalue weighted by Crippen LogP contribution is 2.13. The maximum atomic E-state index is 11.4. The van der Waals surface area contributed by atoms with Gasteiger partial charge >= 0.3 is 5.97 Å². The highest BCUT2D eigenvalue weighted by atomic mass is 16.5. The average molecular weight is 228 g/mol. The molecule has 0 aromatic heterocycles. The molecule has 0 aromatic carbocycles. The summed E-state index contributed by atoms with van der Waals surface area (Å²) in [4.78, 5) is 11.4. The third-order valence-corrected chi connectivity index (χ3v) is 2.77. The summed E-state index contributed by atoms with van der Waals surface area (Å²) < 4.78 is 5.19. The lowest BCUT2D eigenvalue weighted by Gasteiger charge is -2.11. The molecule has 0 fully saturated rings. The number of hydrogen-bond acceptors (Lipinski definition) is 2. The van der Waals surface area contributed by atoms with Crippen molar-refractivity contribution in [2.45, 2.75) is 66.2 Å². The number of hydrogen-bond donors (Lipinski definition) is 0. The fraction of sp³-hybridized carbons (Fsp3) is 0.929. The predicted octanol–water partition coefficient (Wildman–Crippen LogP) is 4.18. The molecule has 0 aliphatic carbocycles. The van der Waals surface area contributed by atoms with Crippen LogP contribution in [0.5, 0.6) is 0 Å². The lowest BCUT2D eigenvalue weighted by atomic mass is 10.0. The molecule has 0 aromatic rings. The van der Waals surface area contributed by atoms with E-state index in [4.69, 9.17) is 4.74 Å². The van der Waals surface area contributed by atoms with Gasteiger partial charge in [-0.1, -0.05) is 53.4 Å². The maximum absolute atomic E-state index is 11.4. The van der Waals surface area contributed by atoms with E-state index in [2.05, 4.69) is 27.7 Å². The van der Waals surface area contributed by atoms with Gasteiger partial charge in [-0.2, -0.15) is 0 Å². The normalized spacial score (nSPS) is 12.8. The Morgan fingerprint density at radius 2 is 1.81 bits per heavy atom. The van der Waals surface area contributed by atoms with Gasteiger partial charge in [0.2, 0.25) is 0 Å². The number of esters is 1. The monoisotopic (exact) mass is 228 g/mol. The smallest absolute Gasteiger partial charge is 0.306 e. The summed E-state index contributed by atoms with van der Waals surface area (Å²) in [5.74, 6) is 1.05. The van der Waals surface area contributed by atoms with E-state index in [9.17, 15) is 4.79 Å². The molecule has 0 radical (unpaired) electrons. The summed E-state index contributed by atoms with van der Waals surface area (Å²) in [7, 11) is 0. The first kappa shape index (κ1) is 15.5. The van der Waals surface area contributed by atoms with Crippen LogP contribution >= 0.6 is 0 Å². The molecule has 0 amide bonds. The number of ether oxygens (including phenoxy) is 1. The van der Waals surface area contributed by atoms with E-state index in [0.717, 1.165) is 12.8 Å². The van der Waals surface area contributed by atoms with Crippen molar-refractivity contribution >= 4 is 5.97 Å². The van der Waals surface area contributed by atoms with Crippen molar-refractivity contribution in [3.8, 4) is 0 Å². The summed E-state index contributed by atoms with van der Waals surface area (Å²) >= 11 is 0. The van der Waals surface area contributed by atoms with Crippen LogP contribution < -0.4 is 0 Å². The Morgan fingerprint density at radius 1 is 1.12 bits per heavy atom. The summed E-state index contributed by atoms with van der Waals surface area (Å²) in [5.41, 5.74) is 0. The van der Waals surface area contributed by atoms with Gasteiger partial charge in [0.25, 0.3) is 0 Å². The Kier molecular flexibility index (Phi) is 9.36. The molecular formula is C14H28O2. The predicted molar refractivity (Wildman–Crippen MR) is 68.3 cm³/mol. The van der Waals surface area contributed by atoms with Crippen LogP contribution in [0.1, 0.15) is 66.2 Å². The van der Waals surface area contributed by atoms with Gasteiger partial charge in [-0.15, -0.1) is 0 Å². The van der Waals surface area contributed by atoms with Crippen LogP contribution in [0.25, 0.3) is 0 Å². The molecule has 0 rings (SSSR count). The van der Waals surface area contributed by atoms with E-state index in [-0.39, 0.29) is 5.97 Å². The van der Waals surface area contributed by atoms with E-state index in [1.54, 1.807) is 0 Å². The molecule has 1 atom stereocenters. The Hall–Kier alpha value is -0.530. The van der Waals surface area contributed by atoms with Crippen molar-refractivity contribution in [1.29, 1.82) is 0 Å². The standard InChI is InChI=1S/C14H28O2/c1-5-6-7-8-13(4)11-14(15)16-10-9-12(2)3/h12-13H,5-11H2,1-4H3/t13-/m1/s1. The number of carbonyl (C=O) groups excluding carboxylic acids is 1. The van der Waals surface area contributed by atoms with Gasteiger partial charge in [0.1, 0.15) is 0 Å². The van der Waals surface area contributed by atoms with Gasteiger partial charge in [0.15, 0.2) is 0 Å². The zero-order chi connectivity index (χ0) is 12.4. The van der Waals surface area contributed by atoms with Crippen LogP contribution in [-0.4, -0.2) is 12.6 Å². The molecule has 0 saturated heterocycles. The lowest BCUT2D eigenvalue weighted by Crippen LogP contribution is -2.11. The molecule has 2 nitrogen and oxygen atoms in total. The van der Waals surface area contributed by atoms with Gasteiger partial charge in [-0.05, 0) is 18.3 Å². The summed E-state index contributed by atoms with van der Waals surface area (Å²) in [6.45, 7) is 9.20. The second-order valence-electron chi connectivity index (χ2n) is 5.21. The first-order valence-electron chi connectivity index (χ1n) is 6.71. The Bertz CT molecular complexity index is 176. The molecule has 96 valence electrons. The van der Waals surface area contributed by atoms with Crippen LogP contribution in [0.3, 0.4) is 0 Å². The Morgan fingerprint density at radius 3 is 2.38 bits per heavy atom. The van der Waals surface area contributed by atoms with Crippen molar-refractivity contribution in [1.82, 2.24) is 0 Å². The minimum atomic E-state index is -0.0235. The summed E-state index contributed by atoms with van der Waals surface area (Å²) in [6, 6.07) is 0. The van der Waals surface area contributed by atoms with Crippen molar-refractivity contribution in [3.05, 3.63) is 0 Å². The average Bonchev–Trinajstić information content (AvgIpc) is 2.17. The molecule has 0 aliphatic heterocycles. The number of unbranched alkanes of at least 4 members (excludes halogenated alkanes) is 2. The highest BCUT2D eigenvalue weighted by Gasteiger charge is 2.10. The molecule has 0 saturated carbocycles. The maximum Gasteiger partial charge on any atom is 0.306 e. The van der Waals surface area contributed by atoms with Crippen LogP contribution in [0.15, 0.2) is 0 Å². The quantitative estimate of drug-likeness (QED) is 0.437. The van der Waals surface area contributed by atoms with Crippen molar-refractivity contribution in [2.24, 2.45) is 11.8 Å². The third-order valence-electron chi connectivity index (χ3n) is 2.77. The Balaban J connectivity index is 3.46. The second-order valence-corrected chi connectivity index (χ2v) is 5.21. The van der Waals surface area contributed by atoms with E-state index >= 15 is 0 Å². The second kappa shape index (κ2) is 9.68. The van der Waals surface area contributed by atoms with E-state index in [1.807, 2.05) is 0 Å². The van der Waals surface area contributed by atoms with Crippen LogP contribution in [-0.2, 0) is 9.53 Å². The topological polar surface area (TPSA) is 26.3 Å². The molecule has 0 heterocycles. The molecule has 0 N–H and O–H groups in total. The van der Waals surface area contributed by atoms with Crippen molar-refractivity contribution in [3.63, 3.8) is 0 Å². The van der Waals surface area contributed by atoms with Gasteiger partial charge in [0, 0.05) is 6.42 Å². The van der Waals surface area contributed by atoms with Gasteiger partial charge in [-0.3, -0.25) is 4.79 Å². The number of rotatable bonds is 9. The van der Waals surface area contributed by atoms with E-state index < -0.39 is 0 Å². The fourth-order valence-corrected chi connectivity index (χ4v) is 1.60. The highest BCUT2D eigenvalue weighted by molar-refractivity contribution is 5.69. The van der Waals surface area contributed by atoms with Crippen LogP contribution in [0, 0.1) is 11.8 Å². The van der Waals surface area contributed by atoms with Crippen LogP contribution in [0.4, 0.5) is 0 Å². The largest absolute Gasteiger partial charge is 0.466 e. The zero-order valence-corrected chi connectivity index (χ0v) is 11.4. The molecule has 16 heavy (non-hydrogen) atoms. The minimum absolute atomic E-state index is 0.0235. The minimum Gasteiger partial charge on any atom is -0.466 e. The summed E-state index contributed by atoms with van der Waals surface area (Å²) in [6.07, 6.45) is 6.44. The van der Waals surface area contributed by atoms with E-state index in [0.29, 0.717) is 24.9 Å². The molecule has 0 bridgehead atoms. The van der Waals surface area contributed by atoms with Crippen molar-refractivity contribution in [2.75, 3.05) is 6.61 Å². The first-order chi connectivity index (χ1) is 7.56. The van der Waals surface area contributed by atoms with Gasteiger partial charge in [-0.25, -0.2) is 0 Å². The SMILES string of the molecule is CCCCC[C@@H](C)CC(=O)OCCC(C)C. The lowest BCUT2D eigenvalue weighted by molar-refractivity contribution is -0.145. The Labute approximate surface area is 101 Å². The molecule has 0 aliphatic rings. The summed E-state index contributed by atoms with van der Waals surface area (Å²) in [5, 5.41) is 0. The molecule has 0 spiro atoms. The van der Waals surface area contributed by atoms with E-state index in [1.165, 1.54) is 19.3 Å². The van der Waals surface area contributed by atoms with Gasteiger partial charge < -0.3 is 4.74 Å². The molecule has 0 unspecified atom stereocenters. The first-order valence-corrected chi connectivity index (χ1v) is 6.71. The molecular weight excluding hydrogens is 200 g/mol. The zero-order valence-electron chi connectivity index (χ0n) is 11.4. The third kappa shape index (κ3) is 10.0. The van der Waals surface area contributed by atoms with Crippen molar-refractivity contribution < 1.29 is 9.53 Å². The fourth-order valence-electron chi connectivity index (χ4n) is 1.60.